The minimum Gasteiger partial charge on any atom is -0.355 e. The summed E-state index contributed by atoms with van der Waals surface area (Å²) < 4.78 is 1.85. The van der Waals surface area contributed by atoms with Crippen LogP contribution in [0.4, 0.5) is 5.82 Å². The van der Waals surface area contributed by atoms with Crippen LogP contribution in [0.3, 0.4) is 0 Å². The molecule has 0 saturated carbocycles. The van der Waals surface area contributed by atoms with Gasteiger partial charge in [0, 0.05) is 32.4 Å². The third kappa shape index (κ3) is 1.23. The van der Waals surface area contributed by atoms with Gasteiger partial charge >= 0.3 is 0 Å². The van der Waals surface area contributed by atoms with Crippen LogP contribution in [0, 0.1) is 0 Å². The molecular formula is C8H13N3. The maximum absolute atomic E-state index is 4.34. The minimum absolute atomic E-state index is 1.13. The predicted molar refractivity (Wildman–Crippen MR) is 44.7 cm³/mol. The largest absolute Gasteiger partial charge is 0.355 e. The van der Waals surface area contributed by atoms with Crippen LogP contribution in [0.15, 0.2) is 12.3 Å². The van der Waals surface area contributed by atoms with Crippen molar-refractivity contribution in [2.75, 3.05) is 18.0 Å². The highest BCUT2D eigenvalue weighted by atomic mass is 15.3. The molecule has 0 N–H and O–H groups in total. The topological polar surface area (TPSA) is 21.1 Å². The van der Waals surface area contributed by atoms with Crippen LogP contribution in [0.1, 0.15) is 12.8 Å². The van der Waals surface area contributed by atoms with Gasteiger partial charge in [-0.3, -0.25) is 4.68 Å². The van der Waals surface area contributed by atoms with Crippen molar-refractivity contribution in [3.8, 4) is 0 Å². The van der Waals surface area contributed by atoms with Crippen LogP contribution >= 0.6 is 0 Å². The molecule has 1 aromatic rings. The highest BCUT2D eigenvalue weighted by Gasteiger charge is 2.13. The van der Waals surface area contributed by atoms with E-state index in [0.717, 1.165) is 5.82 Å². The van der Waals surface area contributed by atoms with Gasteiger partial charge < -0.3 is 4.90 Å². The third-order valence-corrected chi connectivity index (χ3v) is 2.13. The summed E-state index contributed by atoms with van der Waals surface area (Å²) in [5.74, 6) is 1.13. The van der Waals surface area contributed by atoms with E-state index in [1.807, 2.05) is 17.9 Å². The first-order valence-electron chi connectivity index (χ1n) is 4.11. The number of aromatic nitrogens is 2. The quantitative estimate of drug-likeness (QED) is 0.597. The molecule has 0 spiro atoms. The molecule has 2 heterocycles. The summed E-state index contributed by atoms with van der Waals surface area (Å²) in [7, 11) is 1.96. The van der Waals surface area contributed by atoms with Crippen molar-refractivity contribution in [1.82, 2.24) is 9.78 Å². The smallest absolute Gasteiger partial charge is 0.150 e. The van der Waals surface area contributed by atoms with E-state index >= 15 is 0 Å². The van der Waals surface area contributed by atoms with Crippen LogP contribution in [0.2, 0.25) is 0 Å². The zero-order valence-corrected chi connectivity index (χ0v) is 6.82. The van der Waals surface area contributed by atoms with Crippen molar-refractivity contribution in [1.29, 1.82) is 0 Å². The highest BCUT2D eigenvalue weighted by Crippen LogP contribution is 2.16. The van der Waals surface area contributed by atoms with Gasteiger partial charge in [0.05, 0.1) is 0 Å². The second kappa shape index (κ2) is 2.57. The minimum atomic E-state index is 1.13. The van der Waals surface area contributed by atoms with Gasteiger partial charge in [-0.15, -0.1) is 0 Å². The molecule has 1 aliphatic heterocycles. The molecule has 1 aromatic heterocycles. The fraction of sp³-hybridized carbons (Fsp3) is 0.625. The van der Waals surface area contributed by atoms with Gasteiger partial charge in [0.2, 0.25) is 0 Å². The van der Waals surface area contributed by atoms with E-state index in [1.54, 1.807) is 0 Å². The Morgan fingerprint density at radius 2 is 2.09 bits per heavy atom. The molecule has 0 bridgehead atoms. The third-order valence-electron chi connectivity index (χ3n) is 2.13. The van der Waals surface area contributed by atoms with Crippen LogP contribution in [0.25, 0.3) is 0 Å². The molecule has 1 saturated heterocycles. The molecule has 1 aliphatic rings. The molecule has 0 aliphatic carbocycles. The van der Waals surface area contributed by atoms with Gasteiger partial charge in [0.15, 0.2) is 5.82 Å². The molecule has 60 valence electrons. The average Bonchev–Trinajstić information content (AvgIpc) is 2.55. The van der Waals surface area contributed by atoms with E-state index in [1.165, 1.54) is 25.9 Å². The summed E-state index contributed by atoms with van der Waals surface area (Å²) in [5.41, 5.74) is 0. The number of aryl methyl sites for hydroxylation is 1. The molecule has 0 unspecified atom stereocenters. The summed E-state index contributed by atoms with van der Waals surface area (Å²) >= 11 is 0. The van der Waals surface area contributed by atoms with Crippen molar-refractivity contribution in [2.45, 2.75) is 12.8 Å². The van der Waals surface area contributed by atoms with Crippen molar-refractivity contribution in [3.63, 3.8) is 0 Å². The SMILES string of the molecule is Cn1ccc(N2CCCC2)n1. The zero-order valence-electron chi connectivity index (χ0n) is 6.82. The second-order valence-corrected chi connectivity index (χ2v) is 3.04. The number of nitrogens with zero attached hydrogens (tertiary/aromatic N) is 3. The Labute approximate surface area is 66.6 Å². The number of rotatable bonds is 1. The first-order valence-corrected chi connectivity index (χ1v) is 4.11. The molecule has 0 aromatic carbocycles. The standard InChI is InChI=1S/C8H13N3/c1-10-7-4-8(9-10)11-5-2-3-6-11/h4,7H,2-3,5-6H2,1H3. The van der Waals surface area contributed by atoms with Gasteiger partial charge in [-0.2, -0.15) is 5.10 Å². The van der Waals surface area contributed by atoms with Crippen LogP contribution in [-0.2, 0) is 7.05 Å². The summed E-state index contributed by atoms with van der Waals surface area (Å²) in [6.45, 7) is 2.36. The molecule has 0 atom stereocenters. The van der Waals surface area contributed by atoms with Crippen molar-refractivity contribution < 1.29 is 0 Å². The molecule has 2 rings (SSSR count). The lowest BCUT2D eigenvalue weighted by Gasteiger charge is -2.12. The molecular weight excluding hydrogens is 138 g/mol. The maximum atomic E-state index is 4.34. The van der Waals surface area contributed by atoms with Gasteiger partial charge in [0.1, 0.15) is 0 Å². The lowest BCUT2D eigenvalue weighted by Crippen LogP contribution is -2.18. The van der Waals surface area contributed by atoms with Crippen LogP contribution in [-0.4, -0.2) is 22.9 Å². The van der Waals surface area contributed by atoms with Crippen LogP contribution in [0.5, 0.6) is 0 Å². The normalized spacial score (nSPS) is 17.7. The Morgan fingerprint density at radius 1 is 1.36 bits per heavy atom. The molecule has 11 heavy (non-hydrogen) atoms. The Hall–Kier alpha value is -0.990. The van der Waals surface area contributed by atoms with Crippen molar-refractivity contribution in [3.05, 3.63) is 12.3 Å². The first kappa shape index (κ1) is 6.70. The Balaban J connectivity index is 2.15. The highest BCUT2D eigenvalue weighted by molar-refractivity contribution is 5.37. The fourth-order valence-electron chi connectivity index (χ4n) is 1.52. The van der Waals surface area contributed by atoms with E-state index in [0.29, 0.717) is 0 Å². The van der Waals surface area contributed by atoms with Gasteiger partial charge in [-0.25, -0.2) is 0 Å². The number of anilines is 1. The van der Waals surface area contributed by atoms with E-state index in [-0.39, 0.29) is 0 Å². The summed E-state index contributed by atoms with van der Waals surface area (Å²) in [4.78, 5) is 2.33. The monoisotopic (exact) mass is 151 g/mol. The van der Waals surface area contributed by atoms with E-state index < -0.39 is 0 Å². The van der Waals surface area contributed by atoms with Crippen LogP contribution < -0.4 is 4.90 Å². The summed E-state index contributed by atoms with van der Waals surface area (Å²) in [6.07, 6.45) is 4.63. The van der Waals surface area contributed by atoms with Gasteiger partial charge in [-0.05, 0) is 12.8 Å². The first-order chi connectivity index (χ1) is 5.36. The lowest BCUT2D eigenvalue weighted by molar-refractivity contribution is 0.755. The Morgan fingerprint density at radius 3 is 2.64 bits per heavy atom. The van der Waals surface area contributed by atoms with Gasteiger partial charge in [0.25, 0.3) is 0 Å². The van der Waals surface area contributed by atoms with Crippen molar-refractivity contribution in [2.24, 2.45) is 7.05 Å². The van der Waals surface area contributed by atoms with Gasteiger partial charge in [-0.1, -0.05) is 0 Å². The summed E-state index contributed by atoms with van der Waals surface area (Å²) in [6, 6.07) is 2.07. The Kier molecular flexibility index (Phi) is 1.56. The lowest BCUT2D eigenvalue weighted by atomic mass is 10.4. The van der Waals surface area contributed by atoms with E-state index in [2.05, 4.69) is 16.1 Å². The molecule has 3 heteroatoms. The fourth-order valence-corrected chi connectivity index (χ4v) is 1.52. The average molecular weight is 151 g/mol. The molecule has 0 amide bonds. The number of hydrogen-bond acceptors (Lipinski definition) is 2. The predicted octanol–water partition coefficient (Wildman–Crippen LogP) is 1.02. The Bertz CT molecular complexity index is 235. The van der Waals surface area contributed by atoms with Crippen molar-refractivity contribution >= 4 is 5.82 Å². The molecule has 1 fully saturated rings. The maximum Gasteiger partial charge on any atom is 0.150 e. The van der Waals surface area contributed by atoms with E-state index in [4.69, 9.17) is 0 Å². The summed E-state index contributed by atoms with van der Waals surface area (Å²) in [5, 5.41) is 4.34. The zero-order chi connectivity index (χ0) is 7.68. The van der Waals surface area contributed by atoms with E-state index in [9.17, 15) is 0 Å². The number of hydrogen-bond donors (Lipinski definition) is 0. The molecule has 3 nitrogen and oxygen atoms in total. The molecule has 0 radical (unpaired) electrons. The second-order valence-electron chi connectivity index (χ2n) is 3.04.